The molecule has 0 saturated carbocycles. The minimum absolute atomic E-state index is 0.0209. The van der Waals surface area contributed by atoms with Crippen molar-refractivity contribution in [2.75, 3.05) is 18.2 Å². The Morgan fingerprint density at radius 1 is 1.18 bits per heavy atom. The fourth-order valence-electron chi connectivity index (χ4n) is 3.29. The van der Waals surface area contributed by atoms with Gasteiger partial charge in [-0.3, -0.25) is 4.79 Å². The summed E-state index contributed by atoms with van der Waals surface area (Å²) < 4.78 is 46.1. The molecule has 4 aromatic rings. The zero-order valence-electron chi connectivity index (χ0n) is 17.2. The van der Waals surface area contributed by atoms with Crippen LogP contribution in [0.5, 0.6) is 11.5 Å². The fourth-order valence-corrected chi connectivity index (χ4v) is 3.29. The number of nitrogens with two attached hydrogens (primary N) is 1. The van der Waals surface area contributed by atoms with Crippen LogP contribution in [0.2, 0.25) is 0 Å². The van der Waals surface area contributed by atoms with E-state index in [1.807, 2.05) is 0 Å². The number of carbonyl (C=O) groups is 1. The predicted octanol–water partition coefficient (Wildman–Crippen LogP) is 3.89. The maximum atomic E-state index is 13.1. The highest BCUT2D eigenvalue weighted by Crippen LogP contribution is 2.35. The molecule has 33 heavy (non-hydrogen) atoms. The molecule has 0 fully saturated rings. The van der Waals surface area contributed by atoms with E-state index in [0.29, 0.717) is 16.8 Å². The molecule has 8 nitrogen and oxygen atoms in total. The average molecular weight is 457 g/mol. The number of nitrogen functional groups attached to an aromatic ring is 1. The third kappa shape index (κ3) is 4.66. The van der Waals surface area contributed by atoms with E-state index in [1.54, 1.807) is 41.1 Å². The van der Waals surface area contributed by atoms with Gasteiger partial charge in [-0.1, -0.05) is 6.07 Å². The van der Waals surface area contributed by atoms with Gasteiger partial charge in [-0.15, -0.1) is 0 Å². The van der Waals surface area contributed by atoms with Gasteiger partial charge in [0.25, 0.3) is 0 Å². The first-order valence-corrected chi connectivity index (χ1v) is 9.61. The number of aromatic nitrogens is 3. The van der Waals surface area contributed by atoms with Gasteiger partial charge in [-0.2, -0.15) is 13.2 Å². The Bertz CT molecular complexity index is 1350. The molecule has 0 saturated heterocycles. The average Bonchev–Trinajstić information content (AvgIpc) is 3.15. The molecule has 0 aliphatic heterocycles. The summed E-state index contributed by atoms with van der Waals surface area (Å²) in [7, 11) is 1.41. The zero-order chi connectivity index (χ0) is 23.8. The molecule has 3 heterocycles. The SMILES string of the molecule is COc1cc(CC(=O)Nc2cn3cc(-c4cnc(N)c(C(F)(F)F)c4)ccc3n2)ccc1O. The second-order valence-electron chi connectivity index (χ2n) is 7.20. The quantitative estimate of drug-likeness (QED) is 0.419. The van der Waals surface area contributed by atoms with Crippen molar-refractivity contribution in [3.63, 3.8) is 0 Å². The number of hydrogen-bond acceptors (Lipinski definition) is 6. The topological polar surface area (TPSA) is 115 Å². The molecular weight excluding hydrogens is 439 g/mol. The molecule has 0 aliphatic carbocycles. The summed E-state index contributed by atoms with van der Waals surface area (Å²) in [6.45, 7) is 0. The van der Waals surface area contributed by atoms with Gasteiger partial charge in [0.15, 0.2) is 17.3 Å². The van der Waals surface area contributed by atoms with Crippen LogP contribution in [-0.4, -0.2) is 32.5 Å². The van der Waals surface area contributed by atoms with Crippen molar-refractivity contribution in [2.45, 2.75) is 12.6 Å². The molecule has 11 heteroatoms. The standard InChI is InChI=1S/C22H18F3N5O3/c1-33-17-6-12(2-4-16(17)31)7-20(32)29-18-11-30-10-13(3-5-19(30)28-18)14-8-15(22(23,24)25)21(26)27-9-14/h2-6,8-11,31H,7H2,1H3,(H2,26,27)(H,29,32). The number of pyridine rings is 2. The number of halogens is 3. The van der Waals surface area contributed by atoms with Gasteiger partial charge in [0.2, 0.25) is 5.91 Å². The smallest absolute Gasteiger partial charge is 0.419 e. The first-order chi connectivity index (χ1) is 15.6. The van der Waals surface area contributed by atoms with Gasteiger partial charge in [0.1, 0.15) is 11.5 Å². The van der Waals surface area contributed by atoms with Crippen molar-refractivity contribution < 1.29 is 27.8 Å². The normalized spacial score (nSPS) is 11.5. The Balaban J connectivity index is 1.54. The lowest BCUT2D eigenvalue weighted by atomic mass is 10.1. The van der Waals surface area contributed by atoms with Crippen LogP contribution >= 0.6 is 0 Å². The molecule has 0 bridgehead atoms. The molecule has 0 spiro atoms. The highest BCUT2D eigenvalue weighted by molar-refractivity contribution is 5.91. The maximum Gasteiger partial charge on any atom is 0.419 e. The number of hydrogen-bond donors (Lipinski definition) is 3. The number of phenols is 1. The molecule has 3 aromatic heterocycles. The number of carbonyl (C=O) groups excluding carboxylic acids is 1. The van der Waals surface area contributed by atoms with Crippen molar-refractivity contribution in [1.82, 2.24) is 14.4 Å². The third-order valence-electron chi connectivity index (χ3n) is 4.88. The number of methoxy groups -OCH3 is 1. The summed E-state index contributed by atoms with van der Waals surface area (Å²) in [6.07, 6.45) is -0.213. The lowest BCUT2D eigenvalue weighted by molar-refractivity contribution is -0.137. The molecule has 0 aliphatic rings. The number of nitrogens with zero attached hydrogens (tertiary/aromatic N) is 3. The summed E-state index contributed by atoms with van der Waals surface area (Å²) in [5.41, 5.74) is 6.17. The van der Waals surface area contributed by atoms with E-state index in [1.165, 1.54) is 19.4 Å². The predicted molar refractivity (Wildman–Crippen MR) is 115 cm³/mol. The molecule has 4 N–H and O–H groups in total. The van der Waals surface area contributed by atoms with Gasteiger partial charge < -0.3 is 25.3 Å². The molecule has 0 unspecified atom stereocenters. The van der Waals surface area contributed by atoms with E-state index >= 15 is 0 Å². The van der Waals surface area contributed by atoms with E-state index in [-0.39, 0.29) is 35.2 Å². The second-order valence-corrected chi connectivity index (χ2v) is 7.20. The van der Waals surface area contributed by atoms with Crippen molar-refractivity contribution in [3.8, 4) is 22.6 Å². The van der Waals surface area contributed by atoms with E-state index in [4.69, 9.17) is 10.5 Å². The molecule has 4 rings (SSSR count). The van der Waals surface area contributed by atoms with Crippen LogP contribution in [0.3, 0.4) is 0 Å². The summed E-state index contributed by atoms with van der Waals surface area (Å²) in [6, 6.07) is 8.74. The monoisotopic (exact) mass is 457 g/mol. The highest BCUT2D eigenvalue weighted by atomic mass is 19.4. The zero-order valence-corrected chi connectivity index (χ0v) is 17.2. The number of fused-ring (bicyclic) bond motifs is 1. The van der Waals surface area contributed by atoms with Gasteiger partial charge in [-0.25, -0.2) is 9.97 Å². The van der Waals surface area contributed by atoms with Crippen molar-refractivity contribution in [2.24, 2.45) is 0 Å². The summed E-state index contributed by atoms with van der Waals surface area (Å²) in [4.78, 5) is 20.4. The Morgan fingerprint density at radius 2 is 1.97 bits per heavy atom. The van der Waals surface area contributed by atoms with Gasteiger partial charge in [-0.05, 0) is 35.9 Å². The number of imidazole rings is 1. The second kappa shape index (κ2) is 8.34. The molecule has 1 amide bonds. The lowest BCUT2D eigenvalue weighted by Crippen LogP contribution is -2.14. The third-order valence-corrected chi connectivity index (χ3v) is 4.88. The fraction of sp³-hybridized carbons (Fsp3) is 0.136. The largest absolute Gasteiger partial charge is 0.504 e. The molecule has 0 atom stereocenters. The van der Waals surface area contributed by atoms with Crippen molar-refractivity contribution >= 4 is 23.2 Å². The Labute approximate surface area is 185 Å². The lowest BCUT2D eigenvalue weighted by Gasteiger charge is -2.11. The van der Waals surface area contributed by atoms with E-state index in [2.05, 4.69) is 15.3 Å². The number of nitrogens with one attached hydrogen (secondary N) is 1. The Hall–Kier alpha value is -4.28. The minimum Gasteiger partial charge on any atom is -0.504 e. The maximum absolute atomic E-state index is 13.1. The van der Waals surface area contributed by atoms with Crippen molar-refractivity contribution in [1.29, 1.82) is 0 Å². The first-order valence-electron chi connectivity index (χ1n) is 9.61. The van der Waals surface area contributed by atoms with Crippen LogP contribution in [0, 0.1) is 0 Å². The van der Waals surface area contributed by atoms with Gasteiger partial charge >= 0.3 is 6.18 Å². The number of ether oxygens (including phenoxy) is 1. The number of aromatic hydroxyl groups is 1. The van der Waals surface area contributed by atoms with Crippen LogP contribution in [0.1, 0.15) is 11.1 Å². The van der Waals surface area contributed by atoms with Gasteiger partial charge in [0, 0.05) is 23.5 Å². The molecule has 170 valence electrons. The van der Waals surface area contributed by atoms with Crippen LogP contribution in [0.15, 0.2) is 55.0 Å². The minimum atomic E-state index is -4.62. The summed E-state index contributed by atoms with van der Waals surface area (Å²) in [5.74, 6) is -0.438. The summed E-state index contributed by atoms with van der Waals surface area (Å²) >= 11 is 0. The number of alkyl halides is 3. The molecular formula is C22H18F3N5O3. The van der Waals surface area contributed by atoms with E-state index in [0.717, 1.165) is 6.07 Å². The van der Waals surface area contributed by atoms with Crippen molar-refractivity contribution in [3.05, 3.63) is 66.1 Å². The molecule has 1 aromatic carbocycles. The number of rotatable bonds is 5. The molecule has 0 radical (unpaired) electrons. The van der Waals surface area contributed by atoms with Gasteiger partial charge in [0.05, 0.1) is 25.3 Å². The Morgan fingerprint density at radius 3 is 2.70 bits per heavy atom. The van der Waals surface area contributed by atoms with Crippen LogP contribution < -0.4 is 15.8 Å². The number of anilines is 2. The van der Waals surface area contributed by atoms with Crippen LogP contribution in [0.25, 0.3) is 16.8 Å². The van der Waals surface area contributed by atoms with E-state index in [9.17, 15) is 23.1 Å². The number of amides is 1. The van der Waals surface area contributed by atoms with Crippen LogP contribution in [0.4, 0.5) is 24.8 Å². The first kappa shape index (κ1) is 21.9. The number of benzene rings is 1. The number of phenolic OH excluding ortho intramolecular Hbond substituents is 1. The highest BCUT2D eigenvalue weighted by Gasteiger charge is 2.34. The summed E-state index contributed by atoms with van der Waals surface area (Å²) in [5, 5.41) is 12.3. The van der Waals surface area contributed by atoms with Crippen LogP contribution in [-0.2, 0) is 17.4 Å². The Kier molecular flexibility index (Phi) is 5.54. The van der Waals surface area contributed by atoms with E-state index < -0.39 is 17.6 Å².